The molecule has 8 heteroatoms. The third-order valence-corrected chi connectivity index (χ3v) is 4.27. The molecule has 27 heavy (non-hydrogen) atoms. The Hall–Kier alpha value is -3.44. The zero-order valence-electron chi connectivity index (χ0n) is 14.4. The number of nitrogens with zero attached hydrogens (tertiary/aromatic N) is 2. The molecule has 0 unspecified atom stereocenters. The summed E-state index contributed by atoms with van der Waals surface area (Å²) in [5.74, 6) is 2.69. The maximum absolute atomic E-state index is 14.2. The molecule has 1 saturated heterocycles. The molecule has 2 aromatic rings. The normalized spacial score (nSPS) is 18.9. The molecule has 4 N–H and O–H groups in total. The van der Waals surface area contributed by atoms with Crippen LogP contribution in [0.25, 0.3) is 11.3 Å². The smallest absolute Gasteiger partial charge is 0.356 e. The van der Waals surface area contributed by atoms with E-state index in [0.717, 1.165) is 6.07 Å². The van der Waals surface area contributed by atoms with Crippen molar-refractivity contribution in [2.24, 2.45) is 0 Å². The number of hydrogen-bond acceptors (Lipinski definition) is 5. The van der Waals surface area contributed by atoms with Crippen LogP contribution in [0.2, 0.25) is 0 Å². The van der Waals surface area contributed by atoms with Crippen LogP contribution in [0.15, 0.2) is 30.3 Å². The van der Waals surface area contributed by atoms with Gasteiger partial charge in [-0.05, 0) is 12.1 Å². The average Bonchev–Trinajstić information content (AvgIpc) is 2.88. The Labute approximate surface area is 154 Å². The summed E-state index contributed by atoms with van der Waals surface area (Å²) in [6.45, 7) is 0.405. The number of rotatable bonds is 2. The molecule has 0 saturated carbocycles. The number of nitrogen functional groups attached to an aromatic ring is 1. The van der Waals surface area contributed by atoms with E-state index in [-0.39, 0.29) is 17.8 Å². The Morgan fingerprint density at radius 2 is 2.15 bits per heavy atom. The molecule has 1 aromatic carbocycles. The van der Waals surface area contributed by atoms with Crippen molar-refractivity contribution in [3.8, 4) is 23.1 Å². The molecule has 0 radical (unpaired) electrons. The van der Waals surface area contributed by atoms with Crippen molar-refractivity contribution in [3.05, 3.63) is 47.4 Å². The lowest BCUT2D eigenvalue weighted by Crippen LogP contribution is -2.37. The van der Waals surface area contributed by atoms with Gasteiger partial charge in [0.1, 0.15) is 5.69 Å². The van der Waals surface area contributed by atoms with E-state index in [1.54, 1.807) is 25.2 Å². The molecule has 0 bridgehead atoms. The van der Waals surface area contributed by atoms with E-state index in [1.807, 2.05) is 0 Å². The minimum atomic E-state index is -1.74. The molecule has 1 fully saturated rings. The van der Waals surface area contributed by atoms with Gasteiger partial charge in [0.05, 0.1) is 5.69 Å². The second-order valence-corrected chi connectivity index (χ2v) is 6.23. The monoisotopic (exact) mass is 369 g/mol. The number of likely N-dealkylation sites (N-methyl/N-ethyl adjacent to an activating group) is 1. The van der Waals surface area contributed by atoms with E-state index in [0.29, 0.717) is 17.7 Å². The molecular formula is C19H16FN3O4. The fraction of sp³-hybridized carbons (Fsp3) is 0.211. The van der Waals surface area contributed by atoms with Gasteiger partial charge < -0.3 is 20.8 Å². The van der Waals surface area contributed by atoms with E-state index in [2.05, 4.69) is 16.8 Å². The summed E-state index contributed by atoms with van der Waals surface area (Å²) in [7, 11) is 1.58. The number of carbonyl (C=O) groups is 2. The highest BCUT2D eigenvalue weighted by Gasteiger charge is 2.42. The molecule has 1 aliphatic heterocycles. The molecule has 7 nitrogen and oxygen atoms in total. The van der Waals surface area contributed by atoms with Crippen molar-refractivity contribution in [2.45, 2.75) is 12.0 Å². The van der Waals surface area contributed by atoms with E-state index in [1.165, 1.54) is 11.0 Å². The van der Waals surface area contributed by atoms with Crippen LogP contribution in [-0.4, -0.2) is 51.2 Å². The lowest BCUT2D eigenvalue weighted by molar-refractivity contribution is -0.137. The standard InChI is InChI=1S/C19H16FN3O4/c1-23-8-7-19(27,18(23)26)6-5-11-3-2-4-12(9-11)15-13(20)10-14(21)16(22-15)17(24)25/h2-4,9-10,27H,7-8,21H2,1H3,(H,24,25)/t19-/m0/s1. The van der Waals surface area contributed by atoms with Gasteiger partial charge in [0.15, 0.2) is 11.5 Å². The number of aromatic nitrogens is 1. The highest BCUT2D eigenvalue weighted by atomic mass is 19.1. The number of carbonyl (C=O) groups excluding carboxylic acids is 1. The van der Waals surface area contributed by atoms with Crippen LogP contribution < -0.4 is 5.73 Å². The van der Waals surface area contributed by atoms with Gasteiger partial charge in [0.2, 0.25) is 5.60 Å². The van der Waals surface area contributed by atoms with Gasteiger partial charge in [0, 0.05) is 37.2 Å². The van der Waals surface area contributed by atoms with Gasteiger partial charge >= 0.3 is 5.97 Å². The number of hydrogen-bond donors (Lipinski definition) is 3. The van der Waals surface area contributed by atoms with Crippen LogP contribution in [0.5, 0.6) is 0 Å². The Kier molecular flexibility index (Phi) is 4.56. The number of aliphatic hydroxyl groups is 1. The van der Waals surface area contributed by atoms with Crippen LogP contribution in [0.4, 0.5) is 10.1 Å². The number of aromatic carboxylic acids is 1. The van der Waals surface area contributed by atoms with Gasteiger partial charge in [0.25, 0.3) is 5.91 Å². The SMILES string of the molecule is CN1CC[C@@](O)(C#Cc2cccc(-c3nc(C(=O)O)c(N)cc3F)c2)C1=O. The topological polar surface area (TPSA) is 117 Å². The first-order valence-corrected chi connectivity index (χ1v) is 8.02. The molecular weight excluding hydrogens is 353 g/mol. The van der Waals surface area contributed by atoms with Gasteiger partial charge in [-0.15, -0.1) is 0 Å². The van der Waals surface area contributed by atoms with Crippen molar-refractivity contribution in [3.63, 3.8) is 0 Å². The number of nitrogens with two attached hydrogens (primary N) is 1. The molecule has 2 heterocycles. The first kappa shape index (κ1) is 18.4. The maximum atomic E-state index is 14.2. The largest absolute Gasteiger partial charge is 0.476 e. The third-order valence-electron chi connectivity index (χ3n) is 4.27. The van der Waals surface area contributed by atoms with Crippen LogP contribution in [0.1, 0.15) is 22.5 Å². The highest BCUT2D eigenvalue weighted by Crippen LogP contribution is 2.25. The molecule has 138 valence electrons. The highest BCUT2D eigenvalue weighted by molar-refractivity contribution is 5.92. The van der Waals surface area contributed by atoms with Gasteiger partial charge in [-0.1, -0.05) is 24.0 Å². The zero-order valence-corrected chi connectivity index (χ0v) is 14.4. The molecule has 0 spiro atoms. The maximum Gasteiger partial charge on any atom is 0.356 e. The molecule has 0 aliphatic carbocycles. The Balaban J connectivity index is 1.99. The number of benzene rings is 1. The average molecular weight is 369 g/mol. The quantitative estimate of drug-likeness (QED) is 0.683. The van der Waals surface area contributed by atoms with E-state index >= 15 is 0 Å². The summed E-state index contributed by atoms with van der Waals surface area (Å²) in [6, 6.07) is 7.15. The number of halogens is 1. The van der Waals surface area contributed by atoms with Gasteiger partial charge in [-0.3, -0.25) is 4.79 Å². The summed E-state index contributed by atoms with van der Waals surface area (Å²) in [5, 5.41) is 19.4. The first-order valence-electron chi connectivity index (χ1n) is 8.02. The van der Waals surface area contributed by atoms with E-state index in [9.17, 15) is 19.1 Å². The number of carboxylic acid groups (broad SMARTS) is 1. The van der Waals surface area contributed by atoms with Gasteiger partial charge in [-0.25, -0.2) is 14.2 Å². The molecule has 1 aliphatic rings. The minimum Gasteiger partial charge on any atom is -0.476 e. The Bertz CT molecular complexity index is 1010. The van der Waals surface area contributed by atoms with Crippen LogP contribution in [-0.2, 0) is 4.79 Å². The van der Waals surface area contributed by atoms with Crippen molar-refractivity contribution in [2.75, 3.05) is 19.3 Å². The fourth-order valence-electron chi connectivity index (χ4n) is 2.77. The number of carboxylic acids is 1. The second-order valence-electron chi connectivity index (χ2n) is 6.23. The van der Waals surface area contributed by atoms with Crippen molar-refractivity contribution in [1.29, 1.82) is 0 Å². The second kappa shape index (κ2) is 6.70. The number of amides is 1. The lowest BCUT2D eigenvalue weighted by atomic mass is 10.0. The number of pyridine rings is 1. The summed E-state index contributed by atoms with van der Waals surface area (Å²) in [4.78, 5) is 28.3. The van der Waals surface area contributed by atoms with E-state index < -0.39 is 29.0 Å². The van der Waals surface area contributed by atoms with Crippen molar-refractivity contribution in [1.82, 2.24) is 9.88 Å². The van der Waals surface area contributed by atoms with Gasteiger partial charge in [-0.2, -0.15) is 0 Å². The first-order chi connectivity index (χ1) is 12.7. The zero-order chi connectivity index (χ0) is 19.8. The number of likely N-dealkylation sites (tertiary alicyclic amines) is 1. The summed E-state index contributed by atoms with van der Waals surface area (Å²) in [6.07, 6.45) is 0.200. The van der Waals surface area contributed by atoms with E-state index in [4.69, 9.17) is 10.8 Å². The third kappa shape index (κ3) is 3.45. The number of anilines is 1. The molecule has 1 atom stereocenters. The van der Waals surface area contributed by atoms with Crippen LogP contribution in [0, 0.1) is 17.7 Å². The molecule has 1 amide bonds. The van der Waals surface area contributed by atoms with Crippen LogP contribution >= 0.6 is 0 Å². The lowest BCUT2D eigenvalue weighted by Gasteiger charge is -2.13. The molecule has 1 aromatic heterocycles. The predicted molar refractivity (Wildman–Crippen MR) is 95.1 cm³/mol. The predicted octanol–water partition coefficient (Wildman–Crippen LogP) is 1.11. The Morgan fingerprint density at radius 1 is 1.41 bits per heavy atom. The molecule has 3 rings (SSSR count). The van der Waals surface area contributed by atoms with Crippen molar-refractivity contribution >= 4 is 17.6 Å². The summed E-state index contributed by atoms with van der Waals surface area (Å²) < 4.78 is 14.2. The summed E-state index contributed by atoms with van der Waals surface area (Å²) in [5.41, 5.74) is 3.55. The fourth-order valence-corrected chi connectivity index (χ4v) is 2.77. The van der Waals surface area contributed by atoms with Crippen LogP contribution in [0.3, 0.4) is 0 Å². The minimum absolute atomic E-state index is 0.180. The Morgan fingerprint density at radius 3 is 2.78 bits per heavy atom. The summed E-state index contributed by atoms with van der Waals surface area (Å²) >= 11 is 0. The van der Waals surface area contributed by atoms with Crippen molar-refractivity contribution < 1.29 is 24.2 Å².